The van der Waals surface area contributed by atoms with E-state index in [1.165, 1.54) is 7.11 Å². The van der Waals surface area contributed by atoms with Gasteiger partial charge in [-0.3, -0.25) is 4.79 Å². The van der Waals surface area contributed by atoms with Gasteiger partial charge in [0, 0.05) is 6.42 Å². The van der Waals surface area contributed by atoms with Crippen LogP contribution in [-0.2, 0) is 37.0 Å². The van der Waals surface area contributed by atoms with Crippen LogP contribution < -0.4 is 5.32 Å². The van der Waals surface area contributed by atoms with Crippen LogP contribution in [0.3, 0.4) is 0 Å². The van der Waals surface area contributed by atoms with E-state index < -0.39 is 24.1 Å². The minimum atomic E-state index is -1.00. The third kappa shape index (κ3) is 7.49. The lowest BCUT2D eigenvalue weighted by molar-refractivity contribution is -0.146. The molecular formula is C21H23NO6. The van der Waals surface area contributed by atoms with E-state index in [2.05, 4.69) is 10.1 Å². The van der Waals surface area contributed by atoms with Crippen molar-refractivity contribution >= 4 is 18.0 Å². The topological polar surface area (TPSA) is 90.9 Å². The van der Waals surface area contributed by atoms with E-state index in [9.17, 15) is 14.4 Å². The van der Waals surface area contributed by atoms with Gasteiger partial charge in [-0.05, 0) is 17.5 Å². The Bertz CT molecular complexity index is 763. The maximum atomic E-state index is 11.9. The van der Waals surface area contributed by atoms with Crippen LogP contribution in [0, 0.1) is 0 Å². The zero-order chi connectivity index (χ0) is 20.2. The summed E-state index contributed by atoms with van der Waals surface area (Å²) >= 11 is 0. The van der Waals surface area contributed by atoms with Crippen LogP contribution >= 0.6 is 0 Å². The van der Waals surface area contributed by atoms with Gasteiger partial charge in [-0.2, -0.15) is 0 Å². The van der Waals surface area contributed by atoms with Crippen LogP contribution in [0.5, 0.6) is 0 Å². The predicted molar refractivity (Wildman–Crippen MR) is 101 cm³/mol. The van der Waals surface area contributed by atoms with Crippen LogP contribution in [0.4, 0.5) is 4.79 Å². The molecule has 0 fully saturated rings. The second kappa shape index (κ2) is 11.4. The van der Waals surface area contributed by atoms with Crippen LogP contribution in [0.1, 0.15) is 24.0 Å². The number of amides is 1. The average molecular weight is 385 g/mol. The Morgan fingerprint density at radius 1 is 0.857 bits per heavy atom. The van der Waals surface area contributed by atoms with Crippen LogP contribution in [-0.4, -0.2) is 31.2 Å². The highest BCUT2D eigenvalue weighted by molar-refractivity contribution is 5.82. The Balaban J connectivity index is 1.77. The first-order chi connectivity index (χ1) is 13.6. The first-order valence-corrected chi connectivity index (χ1v) is 8.83. The fraction of sp³-hybridized carbons (Fsp3) is 0.286. The van der Waals surface area contributed by atoms with Crippen molar-refractivity contribution in [1.29, 1.82) is 0 Å². The van der Waals surface area contributed by atoms with Gasteiger partial charge in [0.1, 0.15) is 19.3 Å². The number of methoxy groups -OCH3 is 1. The summed E-state index contributed by atoms with van der Waals surface area (Å²) in [5.74, 6) is -1.13. The van der Waals surface area contributed by atoms with Gasteiger partial charge in [0.15, 0.2) is 0 Å². The number of hydrogen-bond donors (Lipinski definition) is 1. The number of rotatable bonds is 9. The largest absolute Gasteiger partial charge is 0.467 e. The van der Waals surface area contributed by atoms with Gasteiger partial charge in [0.25, 0.3) is 0 Å². The molecule has 0 heterocycles. The Morgan fingerprint density at radius 3 is 1.93 bits per heavy atom. The Labute approximate surface area is 163 Å². The molecule has 2 aromatic carbocycles. The molecule has 7 nitrogen and oxygen atoms in total. The lowest BCUT2D eigenvalue weighted by atomic mass is 10.1. The van der Waals surface area contributed by atoms with E-state index in [4.69, 9.17) is 9.47 Å². The highest BCUT2D eigenvalue weighted by Crippen LogP contribution is 2.07. The van der Waals surface area contributed by atoms with Crippen molar-refractivity contribution in [2.75, 3.05) is 7.11 Å². The zero-order valence-electron chi connectivity index (χ0n) is 15.6. The molecule has 0 aliphatic rings. The first-order valence-electron chi connectivity index (χ1n) is 8.83. The average Bonchev–Trinajstić information content (AvgIpc) is 2.74. The first kappa shape index (κ1) is 21.0. The van der Waals surface area contributed by atoms with Gasteiger partial charge in [-0.25, -0.2) is 9.59 Å². The van der Waals surface area contributed by atoms with Gasteiger partial charge in [-0.1, -0.05) is 60.7 Å². The molecule has 0 saturated heterocycles. The highest BCUT2D eigenvalue weighted by atomic mass is 16.6. The number of carbonyl (C=O) groups excluding carboxylic acids is 3. The molecule has 7 heteroatoms. The molecule has 1 atom stereocenters. The van der Waals surface area contributed by atoms with Crippen LogP contribution in [0.2, 0.25) is 0 Å². The van der Waals surface area contributed by atoms with Crippen molar-refractivity contribution < 1.29 is 28.6 Å². The molecule has 0 radical (unpaired) electrons. The Hall–Kier alpha value is -3.35. The molecule has 2 aromatic rings. The summed E-state index contributed by atoms with van der Waals surface area (Å²) in [7, 11) is 1.21. The molecule has 28 heavy (non-hydrogen) atoms. The molecule has 148 valence electrons. The smallest absolute Gasteiger partial charge is 0.408 e. The van der Waals surface area contributed by atoms with E-state index in [0.29, 0.717) is 0 Å². The molecule has 1 N–H and O–H groups in total. The Kier molecular flexibility index (Phi) is 8.52. The summed E-state index contributed by atoms with van der Waals surface area (Å²) in [5, 5.41) is 2.42. The third-order valence-electron chi connectivity index (χ3n) is 3.87. The molecular weight excluding hydrogens is 362 g/mol. The molecule has 2 rings (SSSR count). The standard InChI is InChI=1S/C21H23NO6/c1-26-20(24)18(22-21(25)28-15-17-10-6-3-7-11-17)12-13-19(23)27-14-16-8-4-2-5-9-16/h2-11,18H,12-15H2,1H3,(H,22,25)/t18-/m0/s1. The summed E-state index contributed by atoms with van der Waals surface area (Å²) < 4.78 is 14.9. The molecule has 0 spiro atoms. The molecule has 0 bridgehead atoms. The van der Waals surface area contributed by atoms with E-state index in [1.54, 1.807) is 0 Å². The maximum Gasteiger partial charge on any atom is 0.408 e. The molecule has 0 aliphatic carbocycles. The van der Waals surface area contributed by atoms with Crippen molar-refractivity contribution in [1.82, 2.24) is 5.32 Å². The van der Waals surface area contributed by atoms with E-state index in [1.807, 2.05) is 60.7 Å². The fourth-order valence-corrected chi connectivity index (χ4v) is 2.37. The van der Waals surface area contributed by atoms with E-state index >= 15 is 0 Å². The van der Waals surface area contributed by atoms with Gasteiger partial charge in [0.2, 0.25) is 0 Å². The lowest BCUT2D eigenvalue weighted by Crippen LogP contribution is -2.42. The minimum Gasteiger partial charge on any atom is -0.467 e. The van der Waals surface area contributed by atoms with Gasteiger partial charge in [-0.15, -0.1) is 0 Å². The number of carbonyl (C=O) groups is 3. The van der Waals surface area contributed by atoms with Gasteiger partial charge < -0.3 is 19.5 Å². The molecule has 0 aliphatic heterocycles. The molecule has 0 saturated carbocycles. The normalized spacial score (nSPS) is 11.2. The van der Waals surface area contributed by atoms with Crippen LogP contribution in [0.15, 0.2) is 60.7 Å². The van der Waals surface area contributed by atoms with Crippen molar-refractivity contribution in [3.63, 3.8) is 0 Å². The van der Waals surface area contributed by atoms with Gasteiger partial charge >= 0.3 is 18.0 Å². The van der Waals surface area contributed by atoms with Gasteiger partial charge in [0.05, 0.1) is 7.11 Å². The zero-order valence-corrected chi connectivity index (χ0v) is 15.6. The monoisotopic (exact) mass is 385 g/mol. The summed E-state index contributed by atoms with van der Waals surface area (Å²) in [6, 6.07) is 17.4. The fourth-order valence-electron chi connectivity index (χ4n) is 2.37. The molecule has 0 unspecified atom stereocenters. The SMILES string of the molecule is COC(=O)[C@H](CCC(=O)OCc1ccccc1)NC(=O)OCc1ccccc1. The van der Waals surface area contributed by atoms with E-state index in [-0.39, 0.29) is 26.1 Å². The minimum absolute atomic E-state index is 0.0424. The number of esters is 2. The van der Waals surface area contributed by atoms with Crippen molar-refractivity contribution in [3.05, 3.63) is 71.8 Å². The number of benzene rings is 2. The third-order valence-corrected chi connectivity index (χ3v) is 3.87. The maximum absolute atomic E-state index is 11.9. The quantitative estimate of drug-likeness (QED) is 0.527. The second-order valence-corrected chi connectivity index (χ2v) is 5.97. The number of ether oxygens (including phenoxy) is 3. The van der Waals surface area contributed by atoms with Crippen molar-refractivity contribution in [2.45, 2.75) is 32.1 Å². The summed E-state index contributed by atoms with van der Waals surface area (Å²) in [6.07, 6.45) is -0.774. The summed E-state index contributed by atoms with van der Waals surface area (Å²) in [5.41, 5.74) is 1.68. The molecule has 0 aromatic heterocycles. The van der Waals surface area contributed by atoms with Crippen molar-refractivity contribution in [2.24, 2.45) is 0 Å². The van der Waals surface area contributed by atoms with Crippen LogP contribution in [0.25, 0.3) is 0 Å². The highest BCUT2D eigenvalue weighted by Gasteiger charge is 2.23. The Morgan fingerprint density at radius 2 is 1.39 bits per heavy atom. The molecule has 1 amide bonds. The summed E-state index contributed by atoms with van der Waals surface area (Å²) in [6.45, 7) is 0.217. The number of alkyl carbamates (subject to hydrolysis) is 1. The number of nitrogens with one attached hydrogen (secondary N) is 1. The second-order valence-electron chi connectivity index (χ2n) is 5.97. The number of hydrogen-bond acceptors (Lipinski definition) is 6. The predicted octanol–water partition coefficient (Wildman–Crippen LogP) is 2.98. The summed E-state index contributed by atoms with van der Waals surface area (Å²) in [4.78, 5) is 35.7. The van der Waals surface area contributed by atoms with Crippen molar-refractivity contribution in [3.8, 4) is 0 Å². The lowest BCUT2D eigenvalue weighted by Gasteiger charge is -2.16. The van der Waals surface area contributed by atoms with E-state index in [0.717, 1.165) is 11.1 Å².